The number of aliphatic hydroxyl groups excluding tert-OH is 1. The van der Waals surface area contributed by atoms with Gasteiger partial charge in [-0.25, -0.2) is 0 Å². The number of carbonyl (C=O) groups is 1. The molecular formula is C19H34O3. The first kappa shape index (κ1) is 17.8. The van der Waals surface area contributed by atoms with E-state index in [-0.39, 0.29) is 18.2 Å². The Morgan fingerprint density at radius 2 is 1.50 bits per heavy atom. The Hall–Kier alpha value is -0.570. The minimum atomic E-state index is -0.0687. The van der Waals surface area contributed by atoms with Crippen LogP contribution in [0.2, 0.25) is 0 Å². The lowest BCUT2D eigenvalue weighted by Crippen LogP contribution is -2.39. The summed E-state index contributed by atoms with van der Waals surface area (Å²) in [6.07, 6.45) is 10.2. The van der Waals surface area contributed by atoms with Gasteiger partial charge in [0.25, 0.3) is 0 Å². The van der Waals surface area contributed by atoms with Gasteiger partial charge in [-0.3, -0.25) is 4.79 Å². The van der Waals surface area contributed by atoms with Crippen molar-refractivity contribution in [2.24, 2.45) is 17.3 Å². The van der Waals surface area contributed by atoms with Crippen molar-refractivity contribution < 1.29 is 14.6 Å². The maximum Gasteiger partial charge on any atom is 0.306 e. The molecule has 3 heteroatoms. The first-order valence-electron chi connectivity index (χ1n) is 9.31. The summed E-state index contributed by atoms with van der Waals surface area (Å²) >= 11 is 0. The molecule has 2 fully saturated rings. The summed E-state index contributed by atoms with van der Waals surface area (Å²) in [6, 6.07) is 0. The lowest BCUT2D eigenvalue weighted by molar-refractivity contribution is -0.151. The zero-order valence-electron chi connectivity index (χ0n) is 14.6. The van der Waals surface area contributed by atoms with E-state index in [1.165, 1.54) is 25.7 Å². The molecule has 0 saturated heterocycles. The van der Waals surface area contributed by atoms with Crippen LogP contribution < -0.4 is 0 Å². The number of carbonyl (C=O) groups excluding carboxylic acids is 1. The van der Waals surface area contributed by atoms with Gasteiger partial charge < -0.3 is 9.84 Å². The Morgan fingerprint density at radius 3 is 2.00 bits per heavy atom. The smallest absolute Gasteiger partial charge is 0.306 e. The number of hydrogen-bond donors (Lipinski definition) is 1. The van der Waals surface area contributed by atoms with Gasteiger partial charge in [0.1, 0.15) is 6.10 Å². The highest BCUT2D eigenvalue weighted by Crippen LogP contribution is 2.48. The zero-order valence-corrected chi connectivity index (χ0v) is 14.6. The molecule has 0 aromatic carbocycles. The molecule has 0 aliphatic heterocycles. The molecule has 2 saturated carbocycles. The fraction of sp³-hybridized carbons (Fsp3) is 0.947. The number of esters is 1. The molecule has 1 N–H and O–H groups in total. The fourth-order valence-corrected chi connectivity index (χ4v) is 4.53. The largest absolute Gasteiger partial charge is 0.462 e. The van der Waals surface area contributed by atoms with Crippen molar-refractivity contribution in [1.29, 1.82) is 0 Å². The normalized spacial score (nSPS) is 33.5. The summed E-state index contributed by atoms with van der Waals surface area (Å²) in [4.78, 5) is 11.6. The van der Waals surface area contributed by atoms with Crippen LogP contribution in [0.4, 0.5) is 0 Å². The van der Waals surface area contributed by atoms with Crippen molar-refractivity contribution in [2.75, 3.05) is 0 Å². The summed E-state index contributed by atoms with van der Waals surface area (Å²) in [6.45, 7) is 6.86. The van der Waals surface area contributed by atoms with Gasteiger partial charge in [-0.15, -0.1) is 0 Å². The van der Waals surface area contributed by atoms with E-state index in [1.807, 2.05) is 6.92 Å². The van der Waals surface area contributed by atoms with Crippen LogP contribution in [0.5, 0.6) is 0 Å². The molecule has 128 valence electrons. The minimum Gasteiger partial charge on any atom is -0.462 e. The average Bonchev–Trinajstić information content (AvgIpc) is 2.48. The maximum absolute atomic E-state index is 11.6. The van der Waals surface area contributed by atoms with Crippen LogP contribution in [0.1, 0.15) is 85.0 Å². The second-order valence-electron chi connectivity index (χ2n) is 8.04. The predicted molar refractivity (Wildman–Crippen MR) is 88.5 cm³/mol. The van der Waals surface area contributed by atoms with Gasteiger partial charge in [-0.05, 0) is 75.0 Å². The molecule has 0 aromatic heterocycles. The minimum absolute atomic E-state index is 0.0218. The maximum atomic E-state index is 11.6. The standard InChI is InChI=1S/C19H34O3/c1-4-5-18(21)22-17-12-8-15(9-13-17)19(2,3)14-6-10-16(20)11-7-14/h14-17,20H,4-13H2,1-3H3. The molecule has 0 aromatic rings. The fourth-order valence-electron chi connectivity index (χ4n) is 4.53. The number of rotatable bonds is 5. The van der Waals surface area contributed by atoms with Gasteiger partial charge >= 0.3 is 5.97 Å². The zero-order chi connectivity index (χ0) is 16.2. The highest BCUT2D eigenvalue weighted by molar-refractivity contribution is 5.69. The van der Waals surface area contributed by atoms with Crippen molar-refractivity contribution in [3.8, 4) is 0 Å². The first-order chi connectivity index (χ1) is 10.4. The second kappa shape index (κ2) is 7.81. The van der Waals surface area contributed by atoms with Crippen molar-refractivity contribution in [3.05, 3.63) is 0 Å². The lowest BCUT2D eigenvalue weighted by atomic mass is 9.60. The van der Waals surface area contributed by atoms with Gasteiger partial charge in [0.05, 0.1) is 6.10 Å². The first-order valence-corrected chi connectivity index (χ1v) is 9.31. The van der Waals surface area contributed by atoms with Gasteiger partial charge in [0, 0.05) is 6.42 Å². The molecule has 0 bridgehead atoms. The molecule has 0 atom stereocenters. The Labute approximate surface area is 135 Å². The molecule has 2 aliphatic rings. The van der Waals surface area contributed by atoms with Crippen LogP contribution in [-0.4, -0.2) is 23.3 Å². The highest BCUT2D eigenvalue weighted by atomic mass is 16.5. The lowest BCUT2D eigenvalue weighted by Gasteiger charge is -2.46. The molecule has 0 unspecified atom stereocenters. The van der Waals surface area contributed by atoms with Crippen LogP contribution >= 0.6 is 0 Å². The second-order valence-corrected chi connectivity index (χ2v) is 8.04. The molecule has 2 aliphatic carbocycles. The SMILES string of the molecule is CCCC(=O)OC1CCC(C(C)(C)C2CCC(O)CC2)CC1. The quantitative estimate of drug-likeness (QED) is 0.762. The van der Waals surface area contributed by atoms with E-state index in [0.29, 0.717) is 11.8 Å². The molecule has 0 amide bonds. The van der Waals surface area contributed by atoms with E-state index in [0.717, 1.165) is 43.9 Å². The molecule has 3 nitrogen and oxygen atoms in total. The third-order valence-corrected chi connectivity index (χ3v) is 6.23. The van der Waals surface area contributed by atoms with E-state index < -0.39 is 0 Å². The molecule has 0 radical (unpaired) electrons. The van der Waals surface area contributed by atoms with Gasteiger partial charge in [0.15, 0.2) is 0 Å². The van der Waals surface area contributed by atoms with Crippen molar-refractivity contribution in [2.45, 2.75) is 97.2 Å². The average molecular weight is 310 g/mol. The van der Waals surface area contributed by atoms with Crippen molar-refractivity contribution in [3.63, 3.8) is 0 Å². The highest BCUT2D eigenvalue weighted by Gasteiger charge is 2.40. The van der Waals surface area contributed by atoms with Gasteiger partial charge in [-0.1, -0.05) is 20.8 Å². The predicted octanol–water partition coefficient (Wildman–Crippen LogP) is 4.47. The summed E-state index contributed by atoms with van der Waals surface area (Å²) in [7, 11) is 0. The third-order valence-electron chi connectivity index (χ3n) is 6.23. The van der Waals surface area contributed by atoms with Crippen LogP contribution in [0.3, 0.4) is 0 Å². The van der Waals surface area contributed by atoms with Crippen molar-refractivity contribution >= 4 is 5.97 Å². The van der Waals surface area contributed by atoms with E-state index in [2.05, 4.69) is 13.8 Å². The third kappa shape index (κ3) is 4.47. The monoisotopic (exact) mass is 310 g/mol. The van der Waals surface area contributed by atoms with E-state index in [1.54, 1.807) is 0 Å². The Bertz CT molecular complexity index is 348. The number of hydrogen-bond acceptors (Lipinski definition) is 3. The number of aliphatic hydroxyl groups is 1. The van der Waals surface area contributed by atoms with Crippen molar-refractivity contribution in [1.82, 2.24) is 0 Å². The van der Waals surface area contributed by atoms with Crippen LogP contribution in [0.15, 0.2) is 0 Å². The van der Waals surface area contributed by atoms with E-state index in [4.69, 9.17) is 4.74 Å². The molecular weight excluding hydrogens is 276 g/mol. The summed E-state index contributed by atoms with van der Waals surface area (Å²) in [5.41, 5.74) is 0.346. The topological polar surface area (TPSA) is 46.5 Å². The molecule has 0 spiro atoms. The number of ether oxygens (including phenoxy) is 1. The van der Waals surface area contributed by atoms with Crippen LogP contribution in [0.25, 0.3) is 0 Å². The van der Waals surface area contributed by atoms with Crippen LogP contribution in [-0.2, 0) is 9.53 Å². The molecule has 2 rings (SSSR count). The summed E-state index contributed by atoms with van der Waals surface area (Å²) in [5, 5.41) is 9.72. The Morgan fingerprint density at radius 1 is 1.00 bits per heavy atom. The molecule has 0 heterocycles. The molecule has 22 heavy (non-hydrogen) atoms. The van der Waals surface area contributed by atoms with E-state index in [9.17, 15) is 9.90 Å². The van der Waals surface area contributed by atoms with Gasteiger partial charge in [0.2, 0.25) is 0 Å². The summed E-state index contributed by atoms with van der Waals surface area (Å²) < 4.78 is 5.58. The Balaban J connectivity index is 1.81. The summed E-state index contributed by atoms with van der Waals surface area (Å²) in [5.74, 6) is 1.44. The van der Waals surface area contributed by atoms with Gasteiger partial charge in [-0.2, -0.15) is 0 Å². The van der Waals surface area contributed by atoms with E-state index >= 15 is 0 Å². The Kier molecular flexibility index (Phi) is 6.31. The van der Waals surface area contributed by atoms with Crippen LogP contribution in [0, 0.1) is 17.3 Å².